The molecule has 0 spiro atoms. The maximum absolute atomic E-state index is 12.4. The smallest absolute Gasteiger partial charge is 0.267 e. The second-order valence-corrected chi connectivity index (χ2v) is 5.15. The van der Waals surface area contributed by atoms with Crippen molar-refractivity contribution in [3.05, 3.63) is 24.0 Å². The van der Waals surface area contributed by atoms with Gasteiger partial charge in [0.05, 0.1) is 17.4 Å². The number of pyridine rings is 1. The molecule has 0 bridgehead atoms. The highest BCUT2D eigenvalue weighted by atomic mass is 16.2. The van der Waals surface area contributed by atoms with Gasteiger partial charge in [0.15, 0.2) is 0 Å². The lowest BCUT2D eigenvalue weighted by molar-refractivity contribution is 0.0370. The Kier molecular flexibility index (Phi) is 4.37. The van der Waals surface area contributed by atoms with Gasteiger partial charge >= 0.3 is 0 Å². The van der Waals surface area contributed by atoms with Crippen LogP contribution in [0.25, 0.3) is 0 Å². The first-order valence-corrected chi connectivity index (χ1v) is 6.84. The van der Waals surface area contributed by atoms with E-state index >= 15 is 0 Å². The van der Waals surface area contributed by atoms with Gasteiger partial charge < -0.3 is 5.32 Å². The minimum atomic E-state index is -0.0765. The zero-order chi connectivity index (χ0) is 13.8. The lowest BCUT2D eigenvalue weighted by Crippen LogP contribution is -2.54. The molecule has 1 fully saturated rings. The van der Waals surface area contributed by atoms with E-state index in [9.17, 15) is 4.79 Å². The number of hydrogen-bond acceptors (Lipinski definition) is 4. The van der Waals surface area contributed by atoms with Gasteiger partial charge in [-0.2, -0.15) is 0 Å². The Hall–Kier alpha value is -1.62. The van der Waals surface area contributed by atoms with Crippen LogP contribution in [-0.4, -0.2) is 35.0 Å². The molecule has 2 atom stereocenters. The zero-order valence-electron chi connectivity index (χ0n) is 11.8. The molecule has 1 aliphatic rings. The third-order valence-electron chi connectivity index (χ3n) is 3.76. The van der Waals surface area contributed by atoms with Crippen LogP contribution >= 0.6 is 0 Å². The van der Waals surface area contributed by atoms with Gasteiger partial charge in [-0.15, -0.1) is 0 Å². The summed E-state index contributed by atoms with van der Waals surface area (Å²) in [6, 6.07) is 2.50. The van der Waals surface area contributed by atoms with Crippen molar-refractivity contribution in [3.63, 3.8) is 0 Å². The van der Waals surface area contributed by atoms with Crippen molar-refractivity contribution in [2.24, 2.45) is 0 Å². The summed E-state index contributed by atoms with van der Waals surface area (Å²) < 4.78 is 0. The molecule has 2 unspecified atom stereocenters. The first-order chi connectivity index (χ1) is 9.13. The number of nitrogens with one attached hydrogen (secondary N) is 2. The lowest BCUT2D eigenvalue weighted by atomic mass is 10.00. The quantitative estimate of drug-likeness (QED) is 0.875. The monoisotopic (exact) mass is 262 g/mol. The first-order valence-electron chi connectivity index (χ1n) is 6.84. The number of amides is 1. The van der Waals surface area contributed by atoms with Crippen molar-refractivity contribution in [1.82, 2.24) is 15.4 Å². The number of rotatable bonds is 3. The van der Waals surface area contributed by atoms with E-state index < -0.39 is 0 Å². The van der Waals surface area contributed by atoms with Crippen molar-refractivity contribution < 1.29 is 4.79 Å². The van der Waals surface area contributed by atoms with Crippen LogP contribution < -0.4 is 10.7 Å². The number of hydrazine groups is 1. The Labute approximate surface area is 114 Å². The van der Waals surface area contributed by atoms with Crippen LogP contribution in [0.5, 0.6) is 0 Å². The fraction of sp³-hybridized carbons (Fsp3) is 0.571. The molecule has 2 heterocycles. The summed E-state index contributed by atoms with van der Waals surface area (Å²) in [6.45, 7) is 4.31. The van der Waals surface area contributed by atoms with Crippen LogP contribution in [0, 0.1) is 0 Å². The molecule has 5 heteroatoms. The Bertz CT molecular complexity index is 439. The maximum Gasteiger partial charge on any atom is 0.267 e. The average molecular weight is 262 g/mol. The van der Waals surface area contributed by atoms with E-state index in [-0.39, 0.29) is 5.91 Å². The molecule has 1 aromatic heterocycles. The van der Waals surface area contributed by atoms with E-state index in [0.29, 0.717) is 17.6 Å². The van der Waals surface area contributed by atoms with E-state index in [1.807, 2.05) is 0 Å². The third-order valence-corrected chi connectivity index (χ3v) is 3.76. The largest absolute Gasteiger partial charge is 0.386 e. The summed E-state index contributed by atoms with van der Waals surface area (Å²) >= 11 is 0. The third kappa shape index (κ3) is 3.04. The predicted molar refractivity (Wildman–Crippen MR) is 75.9 cm³/mol. The van der Waals surface area contributed by atoms with Crippen molar-refractivity contribution in [3.8, 4) is 0 Å². The maximum atomic E-state index is 12.4. The first kappa shape index (κ1) is 13.8. The molecule has 5 nitrogen and oxygen atoms in total. The molecule has 0 saturated carbocycles. The highest BCUT2D eigenvalue weighted by molar-refractivity contribution is 5.99. The van der Waals surface area contributed by atoms with Gasteiger partial charge in [0.25, 0.3) is 5.91 Å². The van der Waals surface area contributed by atoms with E-state index in [2.05, 4.69) is 34.6 Å². The Morgan fingerprint density at radius 3 is 2.68 bits per heavy atom. The van der Waals surface area contributed by atoms with Gasteiger partial charge in [-0.05, 0) is 32.8 Å². The Morgan fingerprint density at radius 1 is 1.37 bits per heavy atom. The van der Waals surface area contributed by atoms with E-state index in [0.717, 1.165) is 18.5 Å². The number of carbonyl (C=O) groups is 1. The normalized spacial score (nSPS) is 23.9. The fourth-order valence-electron chi connectivity index (χ4n) is 2.61. The number of nitrogens with zero attached hydrogens (tertiary/aromatic N) is 2. The zero-order valence-corrected chi connectivity index (χ0v) is 11.8. The Balaban J connectivity index is 2.11. The van der Waals surface area contributed by atoms with E-state index in [1.165, 1.54) is 6.42 Å². The molecular weight excluding hydrogens is 240 g/mol. The minimum Gasteiger partial charge on any atom is -0.386 e. The predicted octanol–water partition coefficient (Wildman–Crippen LogP) is 2.03. The molecule has 1 aliphatic heterocycles. The topological polar surface area (TPSA) is 57.3 Å². The highest BCUT2D eigenvalue weighted by Crippen LogP contribution is 2.21. The molecule has 19 heavy (non-hydrogen) atoms. The second kappa shape index (κ2) is 6.02. The van der Waals surface area contributed by atoms with Crippen LogP contribution in [0.1, 0.15) is 43.5 Å². The fourth-order valence-corrected chi connectivity index (χ4v) is 2.61. The van der Waals surface area contributed by atoms with Crippen LogP contribution in [0.4, 0.5) is 5.69 Å². The number of carbonyl (C=O) groups excluding carboxylic acids is 1. The molecule has 2 rings (SSSR count). The van der Waals surface area contributed by atoms with Gasteiger partial charge in [0.1, 0.15) is 0 Å². The molecule has 1 saturated heterocycles. The number of piperidine rings is 1. The number of anilines is 1. The molecule has 104 valence electrons. The van der Waals surface area contributed by atoms with Gasteiger partial charge in [0, 0.05) is 25.3 Å². The number of aromatic nitrogens is 1. The summed E-state index contributed by atoms with van der Waals surface area (Å²) in [5.41, 5.74) is 4.41. The second-order valence-electron chi connectivity index (χ2n) is 5.15. The van der Waals surface area contributed by atoms with Crippen LogP contribution in [0.15, 0.2) is 18.5 Å². The van der Waals surface area contributed by atoms with Gasteiger partial charge in [0.2, 0.25) is 0 Å². The van der Waals surface area contributed by atoms with Gasteiger partial charge in [-0.1, -0.05) is 6.42 Å². The van der Waals surface area contributed by atoms with Crippen LogP contribution in [0.3, 0.4) is 0 Å². The van der Waals surface area contributed by atoms with Crippen molar-refractivity contribution in [2.45, 2.75) is 45.2 Å². The van der Waals surface area contributed by atoms with Crippen molar-refractivity contribution in [2.75, 3.05) is 12.4 Å². The minimum absolute atomic E-state index is 0.0765. The average Bonchev–Trinajstić information content (AvgIpc) is 2.42. The molecule has 1 amide bonds. The molecule has 1 aromatic rings. The summed E-state index contributed by atoms with van der Waals surface area (Å²) in [7, 11) is 1.79. The van der Waals surface area contributed by atoms with E-state index in [1.54, 1.807) is 25.5 Å². The molecular formula is C14H22N4O. The van der Waals surface area contributed by atoms with Gasteiger partial charge in [-0.3, -0.25) is 15.2 Å². The standard InChI is InChI=1S/C14H22N4O/c1-10-5-4-6-11(2)18(10)17-14(19)12-7-8-16-9-13(12)15-3/h7-11,15H,4-6H2,1-3H3,(H,17,19). The SMILES string of the molecule is CNc1cnccc1C(=O)NN1C(C)CCCC1C. The summed E-state index contributed by atoms with van der Waals surface area (Å²) in [5, 5.41) is 5.07. The van der Waals surface area contributed by atoms with Crippen molar-refractivity contribution >= 4 is 11.6 Å². The summed E-state index contributed by atoms with van der Waals surface area (Å²) in [5.74, 6) is -0.0765. The van der Waals surface area contributed by atoms with Crippen LogP contribution in [-0.2, 0) is 0 Å². The molecule has 2 N–H and O–H groups in total. The highest BCUT2D eigenvalue weighted by Gasteiger charge is 2.26. The molecule has 0 radical (unpaired) electrons. The number of hydrogen-bond donors (Lipinski definition) is 2. The van der Waals surface area contributed by atoms with Gasteiger partial charge in [-0.25, -0.2) is 5.01 Å². The summed E-state index contributed by atoms with van der Waals surface area (Å²) in [4.78, 5) is 16.4. The summed E-state index contributed by atoms with van der Waals surface area (Å²) in [6.07, 6.45) is 6.78. The Morgan fingerprint density at radius 2 is 2.05 bits per heavy atom. The van der Waals surface area contributed by atoms with Crippen LogP contribution in [0.2, 0.25) is 0 Å². The molecule has 0 aliphatic carbocycles. The van der Waals surface area contributed by atoms with E-state index in [4.69, 9.17) is 0 Å². The van der Waals surface area contributed by atoms with Crippen molar-refractivity contribution in [1.29, 1.82) is 0 Å². The lowest BCUT2D eigenvalue weighted by Gasteiger charge is -2.38. The molecule has 0 aromatic carbocycles.